The van der Waals surface area contributed by atoms with E-state index in [0.717, 1.165) is 12.6 Å². The molecule has 1 heterocycles. The van der Waals surface area contributed by atoms with Gasteiger partial charge >= 0.3 is 0 Å². The van der Waals surface area contributed by atoms with Crippen LogP contribution in [0.4, 0.5) is 0 Å². The average molecular weight is 157 g/mol. The van der Waals surface area contributed by atoms with Gasteiger partial charge < -0.3 is 16.0 Å². The van der Waals surface area contributed by atoms with E-state index in [9.17, 15) is 0 Å². The number of nitrogens with two attached hydrogens (primary N) is 1. The molecule has 66 valence electrons. The Labute approximate surface area is 68.9 Å². The first kappa shape index (κ1) is 8.97. The molecule has 1 saturated heterocycles. The molecule has 0 aromatic rings. The van der Waals surface area contributed by atoms with Crippen molar-refractivity contribution in [2.45, 2.75) is 18.9 Å². The number of hydrogen-bond acceptors (Lipinski definition) is 3. The SMILES string of the molecule is CNC1CN(CCCCN)C1. The van der Waals surface area contributed by atoms with Crippen LogP contribution in [-0.4, -0.2) is 44.2 Å². The van der Waals surface area contributed by atoms with Crippen molar-refractivity contribution in [1.82, 2.24) is 10.2 Å². The van der Waals surface area contributed by atoms with Gasteiger partial charge in [-0.25, -0.2) is 0 Å². The molecular formula is C8H19N3. The van der Waals surface area contributed by atoms with Gasteiger partial charge in [0, 0.05) is 19.1 Å². The Morgan fingerprint density at radius 1 is 1.45 bits per heavy atom. The van der Waals surface area contributed by atoms with E-state index in [2.05, 4.69) is 10.2 Å². The molecular weight excluding hydrogens is 138 g/mol. The molecule has 0 bridgehead atoms. The van der Waals surface area contributed by atoms with Gasteiger partial charge in [-0.3, -0.25) is 0 Å². The summed E-state index contributed by atoms with van der Waals surface area (Å²) in [5.41, 5.74) is 5.40. The van der Waals surface area contributed by atoms with Crippen molar-refractivity contribution in [2.75, 3.05) is 33.2 Å². The molecule has 1 aliphatic heterocycles. The second kappa shape index (κ2) is 4.70. The maximum absolute atomic E-state index is 5.40. The number of rotatable bonds is 5. The summed E-state index contributed by atoms with van der Waals surface area (Å²) in [6, 6.07) is 0.743. The highest BCUT2D eigenvalue weighted by Crippen LogP contribution is 2.07. The molecule has 3 N–H and O–H groups in total. The third-order valence-electron chi connectivity index (χ3n) is 2.29. The number of hydrogen-bond donors (Lipinski definition) is 2. The minimum atomic E-state index is 0.743. The molecule has 0 aromatic carbocycles. The summed E-state index contributed by atoms with van der Waals surface area (Å²) in [6.45, 7) is 4.51. The number of unbranched alkanes of at least 4 members (excludes halogenated alkanes) is 1. The monoisotopic (exact) mass is 157 g/mol. The highest BCUT2D eigenvalue weighted by Gasteiger charge is 2.23. The van der Waals surface area contributed by atoms with Crippen LogP contribution in [0.25, 0.3) is 0 Å². The zero-order valence-electron chi connectivity index (χ0n) is 7.34. The number of nitrogens with one attached hydrogen (secondary N) is 1. The predicted octanol–water partition coefficient (Wildman–Crippen LogP) is -0.371. The first-order chi connectivity index (χ1) is 5.36. The van der Waals surface area contributed by atoms with Crippen molar-refractivity contribution in [2.24, 2.45) is 5.73 Å². The minimum Gasteiger partial charge on any atom is -0.330 e. The van der Waals surface area contributed by atoms with Crippen molar-refractivity contribution in [3.8, 4) is 0 Å². The zero-order valence-corrected chi connectivity index (χ0v) is 7.34. The summed E-state index contributed by atoms with van der Waals surface area (Å²) in [6.07, 6.45) is 2.42. The molecule has 0 unspecified atom stereocenters. The Hall–Kier alpha value is -0.120. The van der Waals surface area contributed by atoms with Gasteiger partial charge in [-0.1, -0.05) is 0 Å². The smallest absolute Gasteiger partial charge is 0.0320 e. The second-order valence-corrected chi connectivity index (χ2v) is 3.24. The van der Waals surface area contributed by atoms with E-state index >= 15 is 0 Å². The molecule has 1 rings (SSSR count). The maximum atomic E-state index is 5.40. The number of likely N-dealkylation sites (tertiary alicyclic amines) is 1. The van der Waals surface area contributed by atoms with Crippen LogP contribution in [-0.2, 0) is 0 Å². The third-order valence-corrected chi connectivity index (χ3v) is 2.29. The summed E-state index contributed by atoms with van der Waals surface area (Å²) in [5, 5.41) is 3.26. The molecule has 1 aliphatic rings. The molecule has 0 saturated carbocycles. The molecule has 1 fully saturated rings. The van der Waals surface area contributed by atoms with Crippen molar-refractivity contribution in [3.05, 3.63) is 0 Å². The molecule has 3 nitrogen and oxygen atoms in total. The zero-order chi connectivity index (χ0) is 8.10. The fourth-order valence-corrected chi connectivity index (χ4v) is 1.41. The van der Waals surface area contributed by atoms with Crippen molar-refractivity contribution in [3.63, 3.8) is 0 Å². The average Bonchev–Trinajstić information content (AvgIpc) is 1.94. The van der Waals surface area contributed by atoms with Gasteiger partial charge in [-0.2, -0.15) is 0 Å². The summed E-state index contributed by atoms with van der Waals surface area (Å²) < 4.78 is 0. The largest absolute Gasteiger partial charge is 0.330 e. The van der Waals surface area contributed by atoms with Gasteiger partial charge in [0.15, 0.2) is 0 Å². The van der Waals surface area contributed by atoms with Gasteiger partial charge in [-0.15, -0.1) is 0 Å². The van der Waals surface area contributed by atoms with Crippen molar-refractivity contribution in [1.29, 1.82) is 0 Å². The van der Waals surface area contributed by atoms with E-state index in [-0.39, 0.29) is 0 Å². The van der Waals surface area contributed by atoms with Crippen LogP contribution in [0, 0.1) is 0 Å². The van der Waals surface area contributed by atoms with Gasteiger partial charge in [0.1, 0.15) is 0 Å². The first-order valence-corrected chi connectivity index (χ1v) is 4.46. The van der Waals surface area contributed by atoms with Crippen molar-refractivity contribution >= 4 is 0 Å². The third kappa shape index (κ3) is 2.77. The Morgan fingerprint density at radius 2 is 2.18 bits per heavy atom. The molecule has 0 spiro atoms. The van der Waals surface area contributed by atoms with E-state index in [1.807, 2.05) is 7.05 Å². The first-order valence-electron chi connectivity index (χ1n) is 4.46. The Bertz CT molecular complexity index is 99.5. The molecule has 3 heteroatoms. The summed E-state index contributed by atoms with van der Waals surface area (Å²) >= 11 is 0. The Morgan fingerprint density at radius 3 is 2.73 bits per heavy atom. The molecule has 0 aromatic heterocycles. The number of nitrogens with zero attached hydrogens (tertiary/aromatic N) is 1. The van der Waals surface area contributed by atoms with Gasteiger partial charge in [0.05, 0.1) is 0 Å². The molecule has 11 heavy (non-hydrogen) atoms. The second-order valence-electron chi connectivity index (χ2n) is 3.24. The van der Waals surface area contributed by atoms with Crippen LogP contribution in [0.5, 0.6) is 0 Å². The standard InChI is InChI=1S/C8H19N3/c1-10-8-6-11(7-8)5-3-2-4-9/h8,10H,2-7,9H2,1H3. The lowest BCUT2D eigenvalue weighted by Gasteiger charge is -2.39. The quantitative estimate of drug-likeness (QED) is 0.535. The van der Waals surface area contributed by atoms with Gasteiger partial charge in [0.25, 0.3) is 0 Å². The topological polar surface area (TPSA) is 41.3 Å². The van der Waals surface area contributed by atoms with Crippen LogP contribution in [0.2, 0.25) is 0 Å². The lowest BCUT2D eigenvalue weighted by molar-refractivity contribution is 0.130. The summed E-state index contributed by atoms with van der Waals surface area (Å²) in [7, 11) is 2.03. The highest BCUT2D eigenvalue weighted by molar-refractivity contribution is 4.84. The normalized spacial score (nSPS) is 20.2. The van der Waals surface area contributed by atoms with Gasteiger partial charge in [0.2, 0.25) is 0 Å². The summed E-state index contributed by atoms with van der Waals surface area (Å²) in [5.74, 6) is 0. The molecule has 0 aliphatic carbocycles. The van der Waals surface area contributed by atoms with E-state index < -0.39 is 0 Å². The van der Waals surface area contributed by atoms with E-state index in [4.69, 9.17) is 5.73 Å². The highest BCUT2D eigenvalue weighted by atomic mass is 15.2. The lowest BCUT2D eigenvalue weighted by atomic mass is 10.1. The predicted molar refractivity (Wildman–Crippen MR) is 47.6 cm³/mol. The fourth-order valence-electron chi connectivity index (χ4n) is 1.41. The Kier molecular flexibility index (Phi) is 3.83. The van der Waals surface area contributed by atoms with Crippen LogP contribution in [0.1, 0.15) is 12.8 Å². The molecule has 0 radical (unpaired) electrons. The Balaban J connectivity index is 1.88. The van der Waals surface area contributed by atoms with Crippen LogP contribution >= 0.6 is 0 Å². The van der Waals surface area contributed by atoms with Gasteiger partial charge in [-0.05, 0) is 33.0 Å². The fraction of sp³-hybridized carbons (Fsp3) is 1.00. The van der Waals surface area contributed by atoms with Crippen LogP contribution in [0.3, 0.4) is 0 Å². The van der Waals surface area contributed by atoms with E-state index in [0.29, 0.717) is 0 Å². The van der Waals surface area contributed by atoms with Crippen LogP contribution < -0.4 is 11.1 Å². The number of likely N-dealkylation sites (N-methyl/N-ethyl adjacent to an activating group) is 1. The van der Waals surface area contributed by atoms with E-state index in [1.165, 1.54) is 32.5 Å². The van der Waals surface area contributed by atoms with E-state index in [1.54, 1.807) is 0 Å². The molecule has 0 atom stereocenters. The minimum absolute atomic E-state index is 0.743. The maximum Gasteiger partial charge on any atom is 0.0320 e. The summed E-state index contributed by atoms with van der Waals surface area (Å²) in [4.78, 5) is 2.47. The lowest BCUT2D eigenvalue weighted by Crippen LogP contribution is -2.56. The molecule has 0 amide bonds. The van der Waals surface area contributed by atoms with Crippen LogP contribution in [0.15, 0.2) is 0 Å². The van der Waals surface area contributed by atoms with Crippen molar-refractivity contribution < 1.29 is 0 Å².